The van der Waals surface area contributed by atoms with Gasteiger partial charge in [0.15, 0.2) is 0 Å². The molecule has 0 aromatic heterocycles. The Labute approximate surface area is 103 Å². The van der Waals surface area contributed by atoms with Crippen LogP contribution in [-0.4, -0.2) is 29.8 Å². The van der Waals surface area contributed by atoms with Crippen LogP contribution in [0.25, 0.3) is 0 Å². The minimum Gasteiger partial charge on any atom is -0.481 e. The zero-order valence-corrected chi connectivity index (χ0v) is 9.51. The van der Waals surface area contributed by atoms with Crippen LogP contribution in [-0.2, 0) is 9.53 Å². The number of aliphatic carboxylic acids is 1. The molecule has 5 nitrogen and oxygen atoms in total. The van der Waals surface area contributed by atoms with Crippen LogP contribution in [0, 0.1) is 5.82 Å². The molecule has 1 atom stereocenters. The third kappa shape index (κ3) is 2.58. The number of carbonyl (C=O) groups is 2. The molecule has 6 heteroatoms. The van der Waals surface area contributed by atoms with Crippen LogP contribution < -0.4 is 4.90 Å². The average Bonchev–Trinajstić information content (AvgIpc) is 2.69. The first-order chi connectivity index (χ1) is 8.58. The summed E-state index contributed by atoms with van der Waals surface area (Å²) in [4.78, 5) is 23.5. The minimum absolute atomic E-state index is 0.0427. The van der Waals surface area contributed by atoms with Gasteiger partial charge < -0.3 is 9.84 Å². The van der Waals surface area contributed by atoms with E-state index in [0.717, 1.165) is 0 Å². The third-order valence-electron chi connectivity index (χ3n) is 2.76. The molecule has 1 aliphatic rings. The van der Waals surface area contributed by atoms with Crippen LogP contribution in [0.15, 0.2) is 24.3 Å². The topological polar surface area (TPSA) is 66.8 Å². The molecule has 2 rings (SSSR count). The van der Waals surface area contributed by atoms with E-state index in [1.165, 1.54) is 29.2 Å². The summed E-state index contributed by atoms with van der Waals surface area (Å²) in [5, 5.41) is 8.64. The van der Waals surface area contributed by atoms with E-state index in [2.05, 4.69) is 0 Å². The predicted molar refractivity (Wildman–Crippen MR) is 60.9 cm³/mol. The van der Waals surface area contributed by atoms with Gasteiger partial charge in [-0.1, -0.05) is 0 Å². The van der Waals surface area contributed by atoms with E-state index in [1.54, 1.807) is 0 Å². The van der Waals surface area contributed by atoms with Crippen molar-refractivity contribution in [2.45, 2.75) is 18.9 Å². The highest BCUT2D eigenvalue weighted by Crippen LogP contribution is 2.25. The number of anilines is 1. The van der Waals surface area contributed by atoms with Gasteiger partial charge in [0.05, 0.1) is 6.04 Å². The fourth-order valence-electron chi connectivity index (χ4n) is 1.88. The summed E-state index contributed by atoms with van der Waals surface area (Å²) in [5.41, 5.74) is 0.509. The molecule has 1 aromatic rings. The largest absolute Gasteiger partial charge is 0.481 e. The van der Waals surface area contributed by atoms with E-state index in [4.69, 9.17) is 9.84 Å². The van der Waals surface area contributed by atoms with E-state index >= 15 is 0 Å². The number of cyclic esters (lactones) is 1. The Morgan fingerprint density at radius 2 is 2.11 bits per heavy atom. The predicted octanol–water partition coefficient (Wildman–Crippen LogP) is 2.02. The molecule has 0 spiro atoms. The van der Waals surface area contributed by atoms with E-state index in [-0.39, 0.29) is 19.1 Å². The summed E-state index contributed by atoms with van der Waals surface area (Å²) in [6.45, 7) is 0.156. The fraction of sp³-hybridized carbons (Fsp3) is 0.333. The number of rotatable bonds is 4. The lowest BCUT2D eigenvalue weighted by Gasteiger charge is -2.20. The molecule has 0 bridgehead atoms. The Bertz CT molecular complexity index is 460. The Kier molecular flexibility index (Phi) is 3.45. The van der Waals surface area contributed by atoms with Crippen LogP contribution in [0.1, 0.15) is 12.8 Å². The Balaban J connectivity index is 2.14. The molecule has 1 amide bonds. The van der Waals surface area contributed by atoms with E-state index in [9.17, 15) is 14.0 Å². The molecular weight excluding hydrogens is 241 g/mol. The molecule has 0 aliphatic carbocycles. The number of carboxylic acid groups (broad SMARTS) is 1. The van der Waals surface area contributed by atoms with Crippen LogP contribution in [0.5, 0.6) is 0 Å². The first-order valence-corrected chi connectivity index (χ1v) is 5.51. The summed E-state index contributed by atoms with van der Waals surface area (Å²) >= 11 is 0. The average molecular weight is 253 g/mol. The minimum atomic E-state index is -0.923. The van der Waals surface area contributed by atoms with Crippen molar-refractivity contribution in [3.05, 3.63) is 30.1 Å². The summed E-state index contributed by atoms with van der Waals surface area (Å²) in [5.74, 6) is -1.32. The SMILES string of the molecule is O=C(O)CCC1COC(=O)N1c1ccc(F)cc1. The van der Waals surface area contributed by atoms with E-state index < -0.39 is 17.9 Å². The normalized spacial score (nSPS) is 18.8. The fourth-order valence-corrected chi connectivity index (χ4v) is 1.88. The molecule has 1 N–H and O–H groups in total. The Morgan fingerprint density at radius 3 is 2.72 bits per heavy atom. The van der Waals surface area contributed by atoms with Gasteiger partial charge in [0.25, 0.3) is 0 Å². The lowest BCUT2D eigenvalue weighted by Crippen LogP contribution is -2.33. The second kappa shape index (κ2) is 5.03. The molecule has 1 heterocycles. The first kappa shape index (κ1) is 12.3. The van der Waals surface area contributed by atoms with Gasteiger partial charge >= 0.3 is 12.1 Å². The molecule has 0 radical (unpaired) electrons. The zero-order chi connectivity index (χ0) is 13.1. The van der Waals surface area contributed by atoms with Crippen LogP contribution in [0.4, 0.5) is 14.9 Å². The number of benzene rings is 1. The van der Waals surface area contributed by atoms with E-state index in [1.807, 2.05) is 0 Å². The number of hydrogen-bond donors (Lipinski definition) is 1. The highest BCUT2D eigenvalue weighted by molar-refractivity contribution is 5.90. The van der Waals surface area contributed by atoms with Gasteiger partial charge in [-0.15, -0.1) is 0 Å². The Morgan fingerprint density at radius 1 is 1.44 bits per heavy atom. The lowest BCUT2D eigenvalue weighted by atomic mass is 10.1. The molecule has 1 unspecified atom stereocenters. The molecule has 1 aliphatic heterocycles. The zero-order valence-electron chi connectivity index (χ0n) is 9.51. The van der Waals surface area contributed by atoms with Crippen molar-refractivity contribution in [3.8, 4) is 0 Å². The summed E-state index contributed by atoms with van der Waals surface area (Å²) < 4.78 is 17.7. The molecule has 18 heavy (non-hydrogen) atoms. The smallest absolute Gasteiger partial charge is 0.414 e. The van der Waals surface area contributed by atoms with Crippen molar-refractivity contribution in [1.29, 1.82) is 0 Å². The van der Waals surface area contributed by atoms with Gasteiger partial charge in [0.1, 0.15) is 12.4 Å². The molecule has 0 saturated carbocycles. The van der Waals surface area contributed by atoms with Crippen molar-refractivity contribution < 1.29 is 23.8 Å². The van der Waals surface area contributed by atoms with Crippen molar-refractivity contribution in [2.75, 3.05) is 11.5 Å². The maximum absolute atomic E-state index is 12.8. The van der Waals surface area contributed by atoms with Crippen LogP contribution >= 0.6 is 0 Å². The third-order valence-corrected chi connectivity index (χ3v) is 2.76. The van der Waals surface area contributed by atoms with Gasteiger partial charge in [0.2, 0.25) is 0 Å². The summed E-state index contributed by atoms with van der Waals surface area (Å²) in [7, 11) is 0. The highest BCUT2D eigenvalue weighted by atomic mass is 19.1. The number of hydrogen-bond acceptors (Lipinski definition) is 3. The van der Waals surface area contributed by atoms with Gasteiger partial charge in [-0.25, -0.2) is 9.18 Å². The van der Waals surface area contributed by atoms with Crippen molar-refractivity contribution >= 4 is 17.7 Å². The summed E-state index contributed by atoms with van der Waals surface area (Å²) in [6, 6.07) is 5.11. The summed E-state index contributed by atoms with van der Waals surface area (Å²) in [6.07, 6.45) is -0.269. The van der Waals surface area contributed by atoms with Gasteiger partial charge in [0, 0.05) is 12.1 Å². The number of carboxylic acids is 1. The lowest BCUT2D eigenvalue weighted by molar-refractivity contribution is -0.137. The maximum atomic E-state index is 12.8. The molecular formula is C12H12FNO4. The monoisotopic (exact) mass is 253 g/mol. The maximum Gasteiger partial charge on any atom is 0.414 e. The number of ether oxygens (including phenoxy) is 1. The first-order valence-electron chi connectivity index (χ1n) is 5.51. The van der Waals surface area contributed by atoms with Crippen LogP contribution in [0.3, 0.4) is 0 Å². The molecule has 1 saturated heterocycles. The van der Waals surface area contributed by atoms with Gasteiger partial charge in [-0.05, 0) is 30.7 Å². The molecule has 1 aromatic carbocycles. The second-order valence-corrected chi connectivity index (χ2v) is 4.01. The highest BCUT2D eigenvalue weighted by Gasteiger charge is 2.34. The van der Waals surface area contributed by atoms with E-state index in [0.29, 0.717) is 12.1 Å². The van der Waals surface area contributed by atoms with Gasteiger partial charge in [-0.2, -0.15) is 0 Å². The number of carbonyl (C=O) groups excluding carboxylic acids is 1. The Hall–Kier alpha value is -2.11. The van der Waals surface area contributed by atoms with Crippen LogP contribution in [0.2, 0.25) is 0 Å². The molecule has 1 fully saturated rings. The quantitative estimate of drug-likeness (QED) is 0.891. The van der Waals surface area contributed by atoms with Crippen molar-refractivity contribution in [2.24, 2.45) is 0 Å². The molecule has 96 valence electrons. The number of halogens is 1. The van der Waals surface area contributed by atoms with Crippen molar-refractivity contribution in [3.63, 3.8) is 0 Å². The number of amides is 1. The second-order valence-electron chi connectivity index (χ2n) is 4.01. The number of nitrogens with zero attached hydrogens (tertiary/aromatic N) is 1. The van der Waals surface area contributed by atoms with Crippen molar-refractivity contribution in [1.82, 2.24) is 0 Å². The standard InChI is InChI=1S/C12H12FNO4/c13-8-1-3-9(4-2-8)14-10(5-6-11(15)16)7-18-12(14)17/h1-4,10H,5-7H2,(H,15,16). The van der Waals surface area contributed by atoms with Gasteiger partial charge in [-0.3, -0.25) is 9.69 Å².